The number of hydrogen-bond acceptors (Lipinski definition) is 1. The molecule has 0 bridgehead atoms. The van der Waals surface area contributed by atoms with Gasteiger partial charge in [0.1, 0.15) is 0 Å². The highest BCUT2D eigenvalue weighted by Gasteiger charge is 2.60. The van der Waals surface area contributed by atoms with Gasteiger partial charge in [-0.25, -0.2) is 0 Å². The first-order chi connectivity index (χ1) is 6.03. The van der Waals surface area contributed by atoms with E-state index in [0.717, 1.165) is 0 Å². The monoisotopic (exact) mass is 180 g/mol. The van der Waals surface area contributed by atoms with E-state index in [1.807, 2.05) is 13.8 Å². The summed E-state index contributed by atoms with van der Waals surface area (Å²) in [5.41, 5.74) is 1.47. The number of hydrogen-bond donors (Lipinski definition) is 1. The van der Waals surface area contributed by atoms with Crippen LogP contribution in [0.5, 0.6) is 0 Å². The predicted molar refractivity (Wildman–Crippen MR) is 50.3 cm³/mol. The van der Waals surface area contributed by atoms with Crippen LogP contribution in [0.1, 0.15) is 33.1 Å². The van der Waals surface area contributed by atoms with Crippen LogP contribution < -0.4 is 0 Å². The first kappa shape index (κ1) is 8.79. The summed E-state index contributed by atoms with van der Waals surface area (Å²) >= 11 is 0. The molecule has 13 heavy (non-hydrogen) atoms. The molecule has 2 heteroatoms. The molecule has 2 nitrogen and oxygen atoms in total. The molecule has 2 atom stereocenters. The van der Waals surface area contributed by atoms with Crippen LogP contribution in [0, 0.1) is 17.3 Å². The summed E-state index contributed by atoms with van der Waals surface area (Å²) < 4.78 is 0. The van der Waals surface area contributed by atoms with Crippen LogP contribution in [0.4, 0.5) is 0 Å². The summed E-state index contributed by atoms with van der Waals surface area (Å²) in [5.74, 6) is -0.480. The van der Waals surface area contributed by atoms with E-state index in [1.165, 1.54) is 24.8 Å². The highest BCUT2D eigenvalue weighted by atomic mass is 16.4. The summed E-state index contributed by atoms with van der Waals surface area (Å²) in [6.07, 6.45) is 5.89. The van der Waals surface area contributed by atoms with Crippen LogP contribution in [-0.2, 0) is 4.79 Å². The van der Waals surface area contributed by atoms with Gasteiger partial charge in [0.25, 0.3) is 0 Å². The zero-order chi connectivity index (χ0) is 9.64. The molecule has 0 unspecified atom stereocenters. The molecule has 2 rings (SSSR count). The van der Waals surface area contributed by atoms with Gasteiger partial charge in [-0.05, 0) is 30.6 Å². The minimum absolute atomic E-state index is 0.00553. The lowest BCUT2D eigenvalue weighted by atomic mass is 9.90. The first-order valence-electron chi connectivity index (χ1n) is 4.96. The number of aliphatic carboxylic acids is 1. The largest absolute Gasteiger partial charge is 0.481 e. The molecular weight excluding hydrogens is 164 g/mol. The lowest BCUT2D eigenvalue weighted by molar-refractivity contribution is -0.139. The van der Waals surface area contributed by atoms with E-state index in [9.17, 15) is 4.79 Å². The van der Waals surface area contributed by atoms with E-state index in [4.69, 9.17) is 5.11 Å². The van der Waals surface area contributed by atoms with Crippen molar-refractivity contribution in [2.45, 2.75) is 33.1 Å². The minimum Gasteiger partial charge on any atom is -0.481 e. The van der Waals surface area contributed by atoms with Crippen molar-refractivity contribution < 1.29 is 9.90 Å². The molecule has 2 aliphatic rings. The van der Waals surface area contributed by atoms with Crippen molar-refractivity contribution in [1.29, 1.82) is 0 Å². The SMILES string of the molecule is CC1(C)[C@H](C(=O)O)[C@@H]1C=C1CCC1. The van der Waals surface area contributed by atoms with Crippen molar-refractivity contribution in [2.24, 2.45) is 17.3 Å². The molecule has 72 valence electrons. The molecule has 0 aliphatic heterocycles. The Labute approximate surface area is 78.6 Å². The van der Waals surface area contributed by atoms with Gasteiger partial charge in [0, 0.05) is 0 Å². The minimum atomic E-state index is -0.633. The van der Waals surface area contributed by atoms with Gasteiger partial charge < -0.3 is 5.11 Å². The van der Waals surface area contributed by atoms with E-state index < -0.39 is 5.97 Å². The summed E-state index contributed by atoms with van der Waals surface area (Å²) in [5, 5.41) is 8.93. The maximum Gasteiger partial charge on any atom is 0.307 e. The van der Waals surface area contributed by atoms with Gasteiger partial charge in [0.15, 0.2) is 0 Å². The summed E-state index contributed by atoms with van der Waals surface area (Å²) in [6.45, 7) is 4.10. The van der Waals surface area contributed by atoms with Crippen molar-refractivity contribution in [1.82, 2.24) is 0 Å². The maximum atomic E-state index is 10.8. The van der Waals surface area contributed by atoms with Crippen LogP contribution >= 0.6 is 0 Å². The summed E-state index contributed by atoms with van der Waals surface area (Å²) in [6, 6.07) is 0. The Hall–Kier alpha value is -0.790. The van der Waals surface area contributed by atoms with E-state index in [-0.39, 0.29) is 11.3 Å². The zero-order valence-electron chi connectivity index (χ0n) is 8.21. The number of allylic oxidation sites excluding steroid dienone is 2. The van der Waals surface area contributed by atoms with Crippen molar-refractivity contribution in [2.75, 3.05) is 0 Å². The molecule has 0 saturated heterocycles. The topological polar surface area (TPSA) is 37.3 Å². The summed E-state index contributed by atoms with van der Waals surface area (Å²) in [4.78, 5) is 10.8. The molecule has 0 aromatic rings. The standard InChI is InChI=1S/C11H16O2/c1-11(2)8(9(11)10(12)13)6-7-4-3-5-7/h6,8-9H,3-5H2,1-2H3,(H,12,13)/t8-,9-/m0/s1. The molecule has 0 amide bonds. The van der Waals surface area contributed by atoms with Crippen molar-refractivity contribution in [3.63, 3.8) is 0 Å². The number of carboxylic acids is 1. The quantitative estimate of drug-likeness (QED) is 0.663. The average molecular weight is 180 g/mol. The fourth-order valence-corrected chi connectivity index (χ4v) is 2.26. The highest BCUT2D eigenvalue weighted by molar-refractivity contribution is 5.76. The Kier molecular flexibility index (Phi) is 1.76. The molecule has 0 aromatic carbocycles. The van der Waals surface area contributed by atoms with Gasteiger partial charge in [0.2, 0.25) is 0 Å². The lowest BCUT2D eigenvalue weighted by Gasteiger charge is -2.16. The van der Waals surface area contributed by atoms with Crippen LogP contribution in [-0.4, -0.2) is 11.1 Å². The number of rotatable bonds is 2. The normalized spacial score (nSPS) is 35.1. The third-order valence-corrected chi connectivity index (χ3v) is 3.59. The Morgan fingerprint density at radius 2 is 2.15 bits per heavy atom. The summed E-state index contributed by atoms with van der Waals surface area (Å²) in [7, 11) is 0. The Balaban J connectivity index is 2.06. The second-order valence-electron chi connectivity index (χ2n) is 4.84. The van der Waals surface area contributed by atoms with Crippen molar-refractivity contribution >= 4 is 5.97 Å². The van der Waals surface area contributed by atoms with E-state index in [1.54, 1.807) is 0 Å². The van der Waals surface area contributed by atoms with Crippen molar-refractivity contribution in [3.05, 3.63) is 11.6 Å². The van der Waals surface area contributed by atoms with Crippen LogP contribution in [0.3, 0.4) is 0 Å². The van der Waals surface area contributed by atoms with Gasteiger partial charge in [-0.1, -0.05) is 25.5 Å². The second-order valence-corrected chi connectivity index (χ2v) is 4.84. The second kappa shape index (κ2) is 2.60. The Morgan fingerprint density at radius 1 is 1.54 bits per heavy atom. The van der Waals surface area contributed by atoms with Crippen LogP contribution in [0.15, 0.2) is 11.6 Å². The van der Waals surface area contributed by atoms with E-state index >= 15 is 0 Å². The molecular formula is C11H16O2. The number of carboxylic acid groups (broad SMARTS) is 1. The molecule has 0 spiro atoms. The Morgan fingerprint density at radius 3 is 2.46 bits per heavy atom. The molecule has 0 radical (unpaired) electrons. The molecule has 2 saturated carbocycles. The Bertz CT molecular complexity index is 270. The molecule has 0 heterocycles. The molecule has 1 N–H and O–H groups in total. The smallest absolute Gasteiger partial charge is 0.307 e. The van der Waals surface area contributed by atoms with Gasteiger partial charge in [0.05, 0.1) is 5.92 Å². The zero-order valence-corrected chi connectivity index (χ0v) is 8.21. The molecule has 0 aromatic heterocycles. The maximum absolute atomic E-state index is 10.8. The lowest BCUT2D eigenvalue weighted by Crippen LogP contribution is -2.03. The van der Waals surface area contributed by atoms with E-state index in [0.29, 0.717) is 5.92 Å². The van der Waals surface area contributed by atoms with Crippen LogP contribution in [0.2, 0.25) is 0 Å². The van der Waals surface area contributed by atoms with Crippen LogP contribution in [0.25, 0.3) is 0 Å². The predicted octanol–water partition coefficient (Wildman–Crippen LogP) is 2.45. The number of carbonyl (C=O) groups is 1. The van der Waals surface area contributed by atoms with Gasteiger partial charge in [-0.15, -0.1) is 0 Å². The third-order valence-electron chi connectivity index (χ3n) is 3.59. The first-order valence-corrected chi connectivity index (χ1v) is 4.96. The van der Waals surface area contributed by atoms with Crippen molar-refractivity contribution in [3.8, 4) is 0 Å². The molecule has 2 aliphatic carbocycles. The van der Waals surface area contributed by atoms with Gasteiger partial charge in [-0.2, -0.15) is 0 Å². The fourth-order valence-electron chi connectivity index (χ4n) is 2.26. The average Bonchev–Trinajstić information content (AvgIpc) is 2.44. The molecule has 2 fully saturated rings. The van der Waals surface area contributed by atoms with E-state index in [2.05, 4.69) is 6.08 Å². The highest BCUT2D eigenvalue weighted by Crippen LogP contribution is 2.59. The van der Waals surface area contributed by atoms with Gasteiger partial charge >= 0.3 is 5.97 Å². The third kappa shape index (κ3) is 1.28. The fraction of sp³-hybridized carbons (Fsp3) is 0.727. The van der Waals surface area contributed by atoms with Gasteiger partial charge in [-0.3, -0.25) is 4.79 Å².